The second-order valence-electron chi connectivity index (χ2n) is 4.37. The summed E-state index contributed by atoms with van der Waals surface area (Å²) in [6, 6.07) is 4.33. The summed E-state index contributed by atoms with van der Waals surface area (Å²) >= 11 is 0. The maximum Gasteiger partial charge on any atom is 0.124 e. The number of nitrogens with two attached hydrogens (primary N) is 1. The summed E-state index contributed by atoms with van der Waals surface area (Å²) in [5.74, 6) is 1.08. The van der Waals surface area contributed by atoms with Gasteiger partial charge < -0.3 is 15.4 Å². The minimum absolute atomic E-state index is 0.650. The Bertz CT molecular complexity index is 403. The molecule has 0 aliphatic carbocycles. The van der Waals surface area contributed by atoms with Crippen LogP contribution in [0.1, 0.15) is 11.1 Å². The van der Waals surface area contributed by atoms with E-state index in [9.17, 15) is 0 Å². The lowest BCUT2D eigenvalue weighted by molar-refractivity contribution is 0.357. The van der Waals surface area contributed by atoms with E-state index in [4.69, 9.17) is 10.5 Å². The molecule has 3 heteroatoms. The minimum atomic E-state index is 0.650. The van der Waals surface area contributed by atoms with E-state index < -0.39 is 0 Å². The van der Waals surface area contributed by atoms with Crippen LogP contribution in [-0.2, 0) is 12.8 Å². The van der Waals surface area contributed by atoms with Gasteiger partial charge in [-0.15, -0.1) is 0 Å². The highest BCUT2D eigenvalue weighted by Gasteiger charge is 2.26. The van der Waals surface area contributed by atoms with Gasteiger partial charge in [-0.05, 0) is 31.0 Å². The Labute approximate surface area is 96.2 Å². The van der Waals surface area contributed by atoms with Crippen molar-refractivity contribution in [2.45, 2.75) is 12.8 Å². The second kappa shape index (κ2) is 3.98. The number of anilines is 1. The molecule has 0 aromatic heterocycles. The smallest absolute Gasteiger partial charge is 0.124 e. The zero-order valence-corrected chi connectivity index (χ0v) is 9.41. The number of fused-ring (bicyclic) bond motifs is 3. The van der Waals surface area contributed by atoms with Crippen molar-refractivity contribution >= 4 is 5.69 Å². The molecule has 0 bridgehead atoms. The molecule has 1 aromatic carbocycles. The van der Waals surface area contributed by atoms with Crippen LogP contribution in [0.3, 0.4) is 0 Å². The maximum atomic E-state index is 5.61. The Morgan fingerprint density at radius 3 is 3.19 bits per heavy atom. The van der Waals surface area contributed by atoms with Gasteiger partial charge in [-0.2, -0.15) is 0 Å². The lowest BCUT2D eigenvalue weighted by Gasteiger charge is -2.21. The fraction of sp³-hybridized carbons (Fsp3) is 0.462. The van der Waals surface area contributed by atoms with Crippen molar-refractivity contribution in [1.82, 2.24) is 0 Å². The lowest BCUT2D eigenvalue weighted by Crippen LogP contribution is -2.24. The number of rotatable bonds is 3. The van der Waals surface area contributed by atoms with Gasteiger partial charge in [0.05, 0.1) is 6.61 Å². The third kappa shape index (κ3) is 1.47. The molecule has 0 saturated heterocycles. The van der Waals surface area contributed by atoms with Crippen LogP contribution in [0.4, 0.5) is 5.69 Å². The maximum absolute atomic E-state index is 5.61. The Balaban J connectivity index is 1.94. The fourth-order valence-corrected chi connectivity index (χ4v) is 2.68. The molecule has 2 aliphatic heterocycles. The average Bonchev–Trinajstić information content (AvgIpc) is 2.91. The van der Waals surface area contributed by atoms with Crippen LogP contribution in [0.25, 0.3) is 0 Å². The van der Waals surface area contributed by atoms with Crippen LogP contribution in [-0.4, -0.2) is 26.2 Å². The molecule has 2 aliphatic rings. The Kier molecular flexibility index (Phi) is 2.48. The Hall–Kier alpha value is -1.22. The van der Waals surface area contributed by atoms with Gasteiger partial charge in [0.1, 0.15) is 5.75 Å². The van der Waals surface area contributed by atoms with E-state index in [0.29, 0.717) is 6.54 Å². The first-order valence-electron chi connectivity index (χ1n) is 5.94. The first kappa shape index (κ1) is 9.97. The fourth-order valence-electron chi connectivity index (χ4n) is 2.68. The van der Waals surface area contributed by atoms with E-state index in [1.54, 1.807) is 0 Å². The molecule has 0 amide bonds. The van der Waals surface area contributed by atoms with Gasteiger partial charge in [0.2, 0.25) is 0 Å². The van der Waals surface area contributed by atoms with Crippen LogP contribution in [0.15, 0.2) is 12.1 Å². The van der Waals surface area contributed by atoms with Crippen LogP contribution >= 0.6 is 0 Å². The van der Waals surface area contributed by atoms with E-state index in [-0.39, 0.29) is 0 Å². The van der Waals surface area contributed by atoms with Crippen LogP contribution in [0.5, 0.6) is 5.75 Å². The number of ether oxygens (including phenoxy) is 1. The van der Waals surface area contributed by atoms with Crippen molar-refractivity contribution in [3.05, 3.63) is 29.7 Å². The summed E-state index contributed by atoms with van der Waals surface area (Å²) in [4.78, 5) is 2.43. The zero-order valence-electron chi connectivity index (χ0n) is 9.41. The zero-order chi connectivity index (χ0) is 11.0. The lowest BCUT2D eigenvalue weighted by atomic mass is 10.1. The second-order valence-corrected chi connectivity index (χ2v) is 4.37. The number of hydrogen-bond donors (Lipinski definition) is 1. The highest BCUT2D eigenvalue weighted by molar-refractivity contribution is 5.68. The summed E-state index contributed by atoms with van der Waals surface area (Å²) in [5, 5.41) is 0. The van der Waals surface area contributed by atoms with E-state index in [0.717, 1.165) is 38.3 Å². The summed E-state index contributed by atoms with van der Waals surface area (Å²) in [5.41, 5.74) is 9.82. The first-order valence-corrected chi connectivity index (χ1v) is 5.94. The molecule has 2 heterocycles. The molecule has 2 N–H and O–H groups in total. The topological polar surface area (TPSA) is 38.5 Å². The van der Waals surface area contributed by atoms with E-state index in [1.807, 2.05) is 0 Å². The average molecular weight is 217 g/mol. The van der Waals surface area contributed by atoms with Gasteiger partial charge in [0.15, 0.2) is 0 Å². The van der Waals surface area contributed by atoms with Crippen molar-refractivity contribution in [2.75, 3.05) is 31.1 Å². The molecule has 3 nitrogen and oxygen atoms in total. The highest BCUT2D eigenvalue weighted by atomic mass is 16.5. The van der Waals surface area contributed by atoms with Crippen LogP contribution < -0.4 is 15.4 Å². The Morgan fingerprint density at radius 1 is 1.38 bits per heavy atom. The van der Waals surface area contributed by atoms with Crippen molar-refractivity contribution < 1.29 is 4.74 Å². The molecule has 0 spiro atoms. The van der Waals surface area contributed by atoms with Gasteiger partial charge in [-0.1, -0.05) is 6.07 Å². The minimum Gasteiger partial charge on any atom is -0.493 e. The number of hydrogen-bond acceptors (Lipinski definition) is 3. The summed E-state index contributed by atoms with van der Waals surface area (Å²) in [6.45, 7) is 3.56. The first-order chi connectivity index (χ1) is 7.90. The van der Waals surface area contributed by atoms with Crippen molar-refractivity contribution in [3.8, 4) is 5.75 Å². The molecular weight excluding hydrogens is 200 g/mol. The molecule has 0 atom stereocenters. The van der Waals surface area contributed by atoms with Crippen molar-refractivity contribution in [2.24, 2.45) is 5.73 Å². The third-order valence-corrected chi connectivity index (χ3v) is 3.42. The number of nitrogens with zero attached hydrogens (tertiary/aromatic N) is 1. The molecule has 0 saturated carbocycles. The van der Waals surface area contributed by atoms with E-state index >= 15 is 0 Å². The SMILES string of the molecule is NC[CH]CN1CCc2ccc3c(c21)CCO3. The third-order valence-electron chi connectivity index (χ3n) is 3.42. The molecule has 0 fully saturated rings. The van der Waals surface area contributed by atoms with E-state index in [2.05, 4.69) is 23.5 Å². The molecule has 1 aromatic rings. The van der Waals surface area contributed by atoms with Crippen LogP contribution in [0.2, 0.25) is 0 Å². The summed E-state index contributed by atoms with van der Waals surface area (Å²) in [7, 11) is 0. The van der Waals surface area contributed by atoms with Crippen LogP contribution in [0, 0.1) is 6.42 Å². The van der Waals surface area contributed by atoms with Gasteiger partial charge >= 0.3 is 0 Å². The highest BCUT2D eigenvalue weighted by Crippen LogP contribution is 2.40. The predicted molar refractivity (Wildman–Crippen MR) is 64.9 cm³/mol. The van der Waals surface area contributed by atoms with Crippen molar-refractivity contribution in [1.29, 1.82) is 0 Å². The molecule has 3 rings (SSSR count). The van der Waals surface area contributed by atoms with Gasteiger partial charge in [0.25, 0.3) is 0 Å². The van der Waals surface area contributed by atoms with Gasteiger partial charge in [-0.3, -0.25) is 0 Å². The van der Waals surface area contributed by atoms with E-state index in [1.165, 1.54) is 16.8 Å². The molecule has 85 valence electrons. The quantitative estimate of drug-likeness (QED) is 0.825. The van der Waals surface area contributed by atoms with Gasteiger partial charge in [0, 0.05) is 30.8 Å². The summed E-state index contributed by atoms with van der Waals surface area (Å²) < 4.78 is 5.61. The van der Waals surface area contributed by atoms with Crippen molar-refractivity contribution in [3.63, 3.8) is 0 Å². The van der Waals surface area contributed by atoms with Gasteiger partial charge in [-0.25, -0.2) is 0 Å². The standard InChI is InChI=1S/C13H17N2O/c14-6-1-7-15-8-4-10-2-3-12-11(13(10)15)5-9-16-12/h1-3H,4-9,14H2. The summed E-state index contributed by atoms with van der Waals surface area (Å²) in [6.07, 6.45) is 4.34. The Morgan fingerprint density at radius 2 is 2.31 bits per heavy atom. The monoisotopic (exact) mass is 217 g/mol. The number of benzene rings is 1. The molecule has 0 unspecified atom stereocenters. The largest absolute Gasteiger partial charge is 0.493 e. The molecule has 16 heavy (non-hydrogen) atoms. The normalized spacial score (nSPS) is 17.2. The molecule has 1 radical (unpaired) electrons. The molecular formula is C13H17N2O. The predicted octanol–water partition coefficient (Wildman–Crippen LogP) is 1.15.